The van der Waals surface area contributed by atoms with Crippen LogP contribution in [0, 0.1) is 0 Å². The maximum atomic E-state index is 10.2. The van der Waals surface area contributed by atoms with Crippen molar-refractivity contribution in [3.8, 4) is 0 Å². The van der Waals surface area contributed by atoms with Gasteiger partial charge in [-0.2, -0.15) is 0 Å². The summed E-state index contributed by atoms with van der Waals surface area (Å²) in [5.74, 6) is -0.896. The van der Waals surface area contributed by atoms with E-state index < -0.39 is 5.97 Å². The Balaban J connectivity index is 2.66. The molecule has 1 aliphatic heterocycles. The summed E-state index contributed by atoms with van der Waals surface area (Å²) < 4.78 is 9.37. The lowest BCUT2D eigenvalue weighted by Gasteiger charge is -2.09. The Kier molecular flexibility index (Phi) is 1.62. The van der Waals surface area contributed by atoms with Crippen LogP contribution in [0.4, 0.5) is 0 Å². The van der Waals surface area contributed by atoms with Crippen LogP contribution in [0.25, 0.3) is 0 Å². The van der Waals surface area contributed by atoms with Crippen molar-refractivity contribution in [2.45, 2.75) is 6.92 Å². The van der Waals surface area contributed by atoms with Crippen LogP contribution in [-0.2, 0) is 14.3 Å². The van der Waals surface area contributed by atoms with Crippen molar-refractivity contribution < 1.29 is 19.4 Å². The van der Waals surface area contributed by atoms with Crippen molar-refractivity contribution in [1.29, 1.82) is 0 Å². The summed E-state index contributed by atoms with van der Waals surface area (Å²) in [6.07, 6.45) is 2.36. The number of carboxylic acids is 1. The first kappa shape index (κ1) is 6.67. The van der Waals surface area contributed by atoms with Crippen LogP contribution in [0.1, 0.15) is 6.92 Å². The highest BCUT2D eigenvalue weighted by molar-refractivity contribution is 5.84. The van der Waals surface area contributed by atoms with Crippen LogP contribution in [-0.4, -0.2) is 11.1 Å². The van der Waals surface area contributed by atoms with E-state index in [0.29, 0.717) is 5.76 Å². The molecule has 1 N–H and O–H groups in total. The van der Waals surface area contributed by atoms with Gasteiger partial charge in [0.2, 0.25) is 5.76 Å². The average Bonchev–Trinajstić information content (AvgIpc) is 1.88. The fourth-order valence-electron chi connectivity index (χ4n) is 0.507. The monoisotopic (exact) mass is 142 g/mol. The minimum atomic E-state index is -1.13. The highest BCUT2D eigenvalue weighted by atomic mass is 16.6. The molecule has 4 heteroatoms. The molecule has 0 radical (unpaired) electrons. The van der Waals surface area contributed by atoms with Crippen molar-refractivity contribution in [2.24, 2.45) is 0 Å². The van der Waals surface area contributed by atoms with Crippen molar-refractivity contribution in [1.82, 2.24) is 0 Å². The molecule has 0 unspecified atom stereocenters. The zero-order chi connectivity index (χ0) is 7.56. The van der Waals surface area contributed by atoms with Gasteiger partial charge in [-0.05, 0) is 6.92 Å². The topological polar surface area (TPSA) is 55.8 Å². The minimum absolute atomic E-state index is 0.194. The lowest BCUT2D eigenvalue weighted by atomic mass is 10.5. The fourth-order valence-corrected chi connectivity index (χ4v) is 0.507. The molecule has 0 fully saturated rings. The third kappa shape index (κ3) is 1.28. The van der Waals surface area contributed by atoms with Crippen LogP contribution in [0.15, 0.2) is 24.0 Å². The third-order valence-electron chi connectivity index (χ3n) is 0.891. The van der Waals surface area contributed by atoms with Crippen LogP contribution in [0.5, 0.6) is 0 Å². The second-order valence-corrected chi connectivity index (χ2v) is 1.75. The SMILES string of the molecule is CC1=COC=C(C(=O)O)O1. The Bertz CT molecular complexity index is 214. The van der Waals surface area contributed by atoms with E-state index in [2.05, 4.69) is 4.74 Å². The van der Waals surface area contributed by atoms with E-state index in [1.165, 1.54) is 6.26 Å². The van der Waals surface area contributed by atoms with Gasteiger partial charge in [0.15, 0.2) is 0 Å². The standard InChI is InChI=1S/C6H6O4/c1-4-2-9-3-5(10-4)6(7)8/h2-3H,1H3,(H,7,8). The highest BCUT2D eigenvalue weighted by Crippen LogP contribution is 2.11. The second kappa shape index (κ2) is 2.43. The van der Waals surface area contributed by atoms with Crippen LogP contribution < -0.4 is 0 Å². The first-order chi connectivity index (χ1) is 4.70. The zero-order valence-corrected chi connectivity index (χ0v) is 5.33. The number of rotatable bonds is 1. The van der Waals surface area contributed by atoms with Crippen LogP contribution in [0.3, 0.4) is 0 Å². The molecule has 0 saturated heterocycles. The molecule has 0 atom stereocenters. The normalized spacial score (nSPS) is 16.1. The van der Waals surface area contributed by atoms with Gasteiger partial charge < -0.3 is 14.6 Å². The van der Waals surface area contributed by atoms with E-state index in [4.69, 9.17) is 9.84 Å². The van der Waals surface area contributed by atoms with Gasteiger partial charge in [0.1, 0.15) is 18.3 Å². The predicted octanol–water partition coefficient (Wildman–Crippen LogP) is 0.821. The van der Waals surface area contributed by atoms with E-state index in [9.17, 15) is 4.79 Å². The van der Waals surface area contributed by atoms with Gasteiger partial charge in [0, 0.05) is 0 Å². The number of ether oxygens (including phenoxy) is 2. The molecule has 0 aliphatic carbocycles. The van der Waals surface area contributed by atoms with Gasteiger partial charge in [-0.3, -0.25) is 0 Å². The molecule has 0 aromatic rings. The second-order valence-electron chi connectivity index (χ2n) is 1.75. The summed E-state index contributed by atoms with van der Waals surface area (Å²) in [4.78, 5) is 10.2. The minimum Gasteiger partial charge on any atom is -0.475 e. The van der Waals surface area contributed by atoms with Gasteiger partial charge in [0.25, 0.3) is 0 Å². The number of hydrogen-bond donors (Lipinski definition) is 1. The molecule has 1 heterocycles. The van der Waals surface area contributed by atoms with E-state index in [-0.39, 0.29) is 5.76 Å². The Hall–Kier alpha value is -1.45. The Morgan fingerprint density at radius 3 is 2.70 bits per heavy atom. The van der Waals surface area contributed by atoms with E-state index in [1.807, 2.05) is 0 Å². The molecular weight excluding hydrogens is 136 g/mol. The predicted molar refractivity (Wildman–Crippen MR) is 31.6 cm³/mol. The van der Waals surface area contributed by atoms with Crippen LogP contribution in [0.2, 0.25) is 0 Å². The highest BCUT2D eigenvalue weighted by Gasteiger charge is 2.12. The molecule has 4 nitrogen and oxygen atoms in total. The molecule has 54 valence electrons. The smallest absolute Gasteiger partial charge is 0.375 e. The Labute approximate surface area is 57.4 Å². The zero-order valence-electron chi connectivity index (χ0n) is 5.33. The van der Waals surface area contributed by atoms with Crippen molar-refractivity contribution in [2.75, 3.05) is 0 Å². The molecule has 0 bridgehead atoms. The lowest BCUT2D eigenvalue weighted by molar-refractivity contribution is -0.136. The molecular formula is C6H6O4. The first-order valence-electron chi connectivity index (χ1n) is 2.63. The molecule has 0 saturated carbocycles. The maximum absolute atomic E-state index is 10.2. The largest absolute Gasteiger partial charge is 0.475 e. The average molecular weight is 142 g/mol. The maximum Gasteiger partial charge on any atom is 0.375 e. The third-order valence-corrected chi connectivity index (χ3v) is 0.891. The molecule has 0 amide bonds. The first-order valence-corrected chi connectivity index (χ1v) is 2.63. The van der Waals surface area contributed by atoms with Crippen molar-refractivity contribution in [3.05, 3.63) is 24.0 Å². The quantitative estimate of drug-likeness (QED) is 0.588. The number of allylic oxidation sites excluding steroid dienone is 1. The van der Waals surface area contributed by atoms with Crippen LogP contribution >= 0.6 is 0 Å². The molecule has 0 aromatic carbocycles. The Morgan fingerprint density at radius 2 is 2.30 bits per heavy atom. The Morgan fingerprint density at radius 1 is 1.60 bits per heavy atom. The van der Waals surface area contributed by atoms with Gasteiger partial charge in [-0.25, -0.2) is 4.79 Å². The fraction of sp³-hybridized carbons (Fsp3) is 0.167. The summed E-state index contributed by atoms with van der Waals surface area (Å²) in [6, 6.07) is 0. The summed E-state index contributed by atoms with van der Waals surface area (Å²) in [5, 5.41) is 8.36. The van der Waals surface area contributed by atoms with Gasteiger partial charge >= 0.3 is 5.97 Å². The molecule has 1 rings (SSSR count). The number of carbonyl (C=O) groups is 1. The summed E-state index contributed by atoms with van der Waals surface area (Å²) in [5.41, 5.74) is 0. The summed E-state index contributed by atoms with van der Waals surface area (Å²) >= 11 is 0. The summed E-state index contributed by atoms with van der Waals surface area (Å²) in [7, 11) is 0. The van der Waals surface area contributed by atoms with E-state index in [1.54, 1.807) is 6.92 Å². The van der Waals surface area contributed by atoms with E-state index >= 15 is 0 Å². The van der Waals surface area contributed by atoms with Gasteiger partial charge in [-0.15, -0.1) is 0 Å². The van der Waals surface area contributed by atoms with Gasteiger partial charge in [-0.1, -0.05) is 0 Å². The summed E-state index contributed by atoms with van der Waals surface area (Å²) in [6.45, 7) is 1.61. The van der Waals surface area contributed by atoms with Crippen molar-refractivity contribution >= 4 is 5.97 Å². The number of aliphatic carboxylic acids is 1. The van der Waals surface area contributed by atoms with Crippen molar-refractivity contribution in [3.63, 3.8) is 0 Å². The number of carboxylic acid groups (broad SMARTS) is 1. The van der Waals surface area contributed by atoms with Gasteiger partial charge in [0.05, 0.1) is 0 Å². The lowest BCUT2D eigenvalue weighted by Crippen LogP contribution is -2.07. The molecule has 0 spiro atoms. The number of hydrogen-bond acceptors (Lipinski definition) is 3. The molecule has 1 aliphatic rings. The van der Waals surface area contributed by atoms with E-state index in [0.717, 1.165) is 6.26 Å². The molecule has 0 aromatic heterocycles. The molecule has 10 heavy (non-hydrogen) atoms.